The third-order valence-corrected chi connectivity index (χ3v) is 2.01. The molecule has 15 heavy (non-hydrogen) atoms. The summed E-state index contributed by atoms with van der Waals surface area (Å²) in [7, 11) is 0. The fourth-order valence-corrected chi connectivity index (χ4v) is 1.31. The third kappa shape index (κ3) is 3.38. The maximum atomic E-state index is 11.4. The molecule has 1 aliphatic rings. The normalized spacial score (nSPS) is 17.1. The Bertz CT molecular complexity index is 285. The number of allylic oxidation sites excluding steroid dienone is 1. The van der Waals surface area contributed by atoms with Crippen molar-refractivity contribution in [2.24, 2.45) is 5.41 Å². The molecule has 0 N–H and O–H groups in total. The van der Waals surface area contributed by atoms with E-state index in [-0.39, 0.29) is 23.7 Å². The summed E-state index contributed by atoms with van der Waals surface area (Å²) in [6, 6.07) is 0. The zero-order valence-electron chi connectivity index (χ0n) is 9.50. The van der Waals surface area contributed by atoms with Gasteiger partial charge in [-0.05, 0) is 11.8 Å². The molecule has 0 atom stereocenters. The standard InChI is InChI=1S/C11H17NO3/c1-8-5-6-9(13)12(8)15-10(14)7-11(2,3)4/h1,5-7H2,2-4H3. The van der Waals surface area contributed by atoms with Crippen molar-refractivity contribution in [1.82, 2.24) is 5.06 Å². The minimum atomic E-state index is -0.390. The summed E-state index contributed by atoms with van der Waals surface area (Å²) < 4.78 is 0. The van der Waals surface area contributed by atoms with E-state index in [0.717, 1.165) is 5.06 Å². The largest absolute Gasteiger partial charge is 0.333 e. The molecule has 0 unspecified atom stereocenters. The second-order valence-corrected chi connectivity index (χ2v) is 4.96. The first-order valence-electron chi connectivity index (χ1n) is 5.01. The van der Waals surface area contributed by atoms with Gasteiger partial charge in [-0.25, -0.2) is 4.79 Å². The number of rotatable bonds is 2. The first-order valence-corrected chi connectivity index (χ1v) is 5.01. The number of carbonyl (C=O) groups excluding carboxylic acids is 2. The van der Waals surface area contributed by atoms with E-state index >= 15 is 0 Å². The molecule has 0 spiro atoms. The average Bonchev–Trinajstić information content (AvgIpc) is 2.32. The number of hydrogen-bond acceptors (Lipinski definition) is 3. The number of carbonyl (C=O) groups is 2. The van der Waals surface area contributed by atoms with Gasteiger partial charge in [0.1, 0.15) is 0 Å². The van der Waals surface area contributed by atoms with Crippen molar-refractivity contribution in [3.8, 4) is 0 Å². The van der Waals surface area contributed by atoms with Gasteiger partial charge >= 0.3 is 5.97 Å². The van der Waals surface area contributed by atoms with Crippen LogP contribution in [0.3, 0.4) is 0 Å². The Morgan fingerprint density at radius 1 is 1.47 bits per heavy atom. The Morgan fingerprint density at radius 2 is 2.07 bits per heavy atom. The minimum absolute atomic E-state index is 0.138. The predicted octanol–water partition coefficient (Wildman–Crippen LogP) is 2.02. The Balaban J connectivity index is 2.51. The summed E-state index contributed by atoms with van der Waals surface area (Å²) in [6.07, 6.45) is 1.23. The van der Waals surface area contributed by atoms with E-state index in [2.05, 4.69) is 6.58 Å². The van der Waals surface area contributed by atoms with Gasteiger partial charge in [0, 0.05) is 6.42 Å². The van der Waals surface area contributed by atoms with Crippen molar-refractivity contribution in [1.29, 1.82) is 0 Å². The molecule has 1 saturated heterocycles. The van der Waals surface area contributed by atoms with E-state index in [1.807, 2.05) is 20.8 Å². The van der Waals surface area contributed by atoms with Crippen molar-refractivity contribution < 1.29 is 14.4 Å². The van der Waals surface area contributed by atoms with Crippen molar-refractivity contribution >= 4 is 11.9 Å². The second-order valence-electron chi connectivity index (χ2n) is 4.96. The third-order valence-electron chi connectivity index (χ3n) is 2.01. The summed E-state index contributed by atoms with van der Waals surface area (Å²) in [5, 5.41) is 1.02. The SMILES string of the molecule is C=C1CCC(=O)N1OC(=O)CC(C)(C)C. The van der Waals surface area contributed by atoms with Gasteiger partial charge in [-0.3, -0.25) is 4.79 Å². The fourth-order valence-electron chi connectivity index (χ4n) is 1.31. The van der Waals surface area contributed by atoms with Crippen LogP contribution in [-0.4, -0.2) is 16.9 Å². The monoisotopic (exact) mass is 211 g/mol. The molecule has 0 aliphatic carbocycles. The molecule has 1 amide bonds. The van der Waals surface area contributed by atoms with Crippen LogP contribution in [-0.2, 0) is 14.4 Å². The van der Waals surface area contributed by atoms with Crippen LogP contribution >= 0.6 is 0 Å². The highest BCUT2D eigenvalue weighted by Gasteiger charge is 2.29. The topological polar surface area (TPSA) is 46.6 Å². The summed E-state index contributed by atoms with van der Waals surface area (Å²) in [5.41, 5.74) is 0.420. The number of hydrogen-bond donors (Lipinski definition) is 0. The highest BCUT2D eigenvalue weighted by molar-refractivity contribution is 5.82. The van der Waals surface area contributed by atoms with E-state index < -0.39 is 0 Å². The Kier molecular flexibility index (Phi) is 3.17. The predicted molar refractivity (Wildman–Crippen MR) is 55.4 cm³/mol. The molecule has 0 saturated carbocycles. The molecule has 4 nitrogen and oxygen atoms in total. The van der Waals surface area contributed by atoms with Crippen LogP contribution < -0.4 is 0 Å². The van der Waals surface area contributed by atoms with Crippen LogP contribution in [0.2, 0.25) is 0 Å². The van der Waals surface area contributed by atoms with Gasteiger partial charge in [0.15, 0.2) is 0 Å². The fraction of sp³-hybridized carbons (Fsp3) is 0.636. The van der Waals surface area contributed by atoms with Gasteiger partial charge in [0.25, 0.3) is 5.91 Å². The van der Waals surface area contributed by atoms with Crippen LogP contribution in [0.4, 0.5) is 0 Å². The molecule has 1 aliphatic heterocycles. The van der Waals surface area contributed by atoms with Crippen molar-refractivity contribution in [3.05, 3.63) is 12.3 Å². The molecule has 0 aromatic carbocycles. The summed E-state index contributed by atoms with van der Waals surface area (Å²) >= 11 is 0. The smallest absolute Gasteiger partial charge is 0.333 e. The van der Waals surface area contributed by atoms with E-state index in [4.69, 9.17) is 4.84 Å². The molecule has 4 heteroatoms. The van der Waals surface area contributed by atoms with Crippen LogP contribution in [0.15, 0.2) is 12.3 Å². The number of amides is 1. The van der Waals surface area contributed by atoms with Gasteiger partial charge in [-0.15, -0.1) is 5.06 Å². The molecular formula is C11H17NO3. The van der Waals surface area contributed by atoms with Crippen molar-refractivity contribution in [3.63, 3.8) is 0 Å². The number of nitrogens with zero attached hydrogens (tertiary/aromatic N) is 1. The molecule has 0 aromatic rings. The van der Waals surface area contributed by atoms with Gasteiger partial charge in [-0.2, -0.15) is 0 Å². The Hall–Kier alpha value is -1.32. The van der Waals surface area contributed by atoms with Gasteiger partial charge in [0.2, 0.25) is 0 Å². The van der Waals surface area contributed by atoms with Crippen molar-refractivity contribution in [2.75, 3.05) is 0 Å². The summed E-state index contributed by atoms with van der Waals surface area (Å²) in [6.45, 7) is 9.48. The van der Waals surface area contributed by atoms with Gasteiger partial charge in [-0.1, -0.05) is 27.4 Å². The van der Waals surface area contributed by atoms with Crippen LogP contribution in [0.1, 0.15) is 40.0 Å². The van der Waals surface area contributed by atoms with Crippen LogP contribution in [0, 0.1) is 5.41 Å². The molecule has 0 radical (unpaired) electrons. The molecule has 0 aromatic heterocycles. The zero-order valence-corrected chi connectivity index (χ0v) is 9.50. The van der Waals surface area contributed by atoms with Gasteiger partial charge in [0.05, 0.1) is 12.1 Å². The Labute approximate surface area is 89.8 Å². The van der Waals surface area contributed by atoms with Crippen LogP contribution in [0.5, 0.6) is 0 Å². The van der Waals surface area contributed by atoms with Gasteiger partial charge < -0.3 is 4.84 Å². The van der Waals surface area contributed by atoms with E-state index in [1.54, 1.807) is 0 Å². The maximum absolute atomic E-state index is 11.4. The lowest BCUT2D eigenvalue weighted by atomic mass is 9.93. The van der Waals surface area contributed by atoms with Crippen molar-refractivity contribution in [2.45, 2.75) is 40.0 Å². The highest BCUT2D eigenvalue weighted by Crippen LogP contribution is 2.24. The highest BCUT2D eigenvalue weighted by atomic mass is 16.7. The average molecular weight is 211 g/mol. The minimum Gasteiger partial charge on any atom is -0.333 e. The maximum Gasteiger partial charge on any atom is 0.333 e. The lowest BCUT2D eigenvalue weighted by molar-refractivity contribution is -0.188. The lowest BCUT2D eigenvalue weighted by Crippen LogP contribution is -2.28. The summed E-state index contributed by atoms with van der Waals surface area (Å²) in [5.74, 6) is -0.582. The molecule has 0 bridgehead atoms. The molecular weight excluding hydrogens is 194 g/mol. The quantitative estimate of drug-likeness (QED) is 0.702. The second kappa shape index (κ2) is 4.04. The summed E-state index contributed by atoms with van der Waals surface area (Å²) in [4.78, 5) is 27.7. The first kappa shape index (κ1) is 11.8. The number of hydroxylamine groups is 2. The van der Waals surface area contributed by atoms with E-state index in [0.29, 0.717) is 18.5 Å². The van der Waals surface area contributed by atoms with Crippen LogP contribution in [0.25, 0.3) is 0 Å². The van der Waals surface area contributed by atoms with E-state index in [9.17, 15) is 9.59 Å². The molecule has 1 rings (SSSR count). The molecule has 1 fully saturated rings. The Morgan fingerprint density at radius 3 is 2.47 bits per heavy atom. The molecule has 1 heterocycles. The zero-order chi connectivity index (χ0) is 11.6. The lowest BCUT2D eigenvalue weighted by Gasteiger charge is -2.20. The molecule has 84 valence electrons. The van der Waals surface area contributed by atoms with E-state index in [1.165, 1.54) is 0 Å². The first-order chi connectivity index (χ1) is 6.79.